The summed E-state index contributed by atoms with van der Waals surface area (Å²) in [6, 6.07) is 57.7. The van der Waals surface area contributed by atoms with Crippen LogP contribution in [-0.2, 0) is 21.7 Å². The smallest absolute Gasteiger partial charge is 0.149 e. The molecule has 9 rings (SSSR count). The summed E-state index contributed by atoms with van der Waals surface area (Å²) in [6.45, 7) is 34.1. The van der Waals surface area contributed by atoms with Crippen LogP contribution in [0.1, 0.15) is 105 Å². The quantitative estimate of drug-likeness (QED) is 0.154. The molecule has 0 radical (unpaired) electrons. The maximum absolute atomic E-state index is 12.6. The first-order chi connectivity index (χ1) is 33.8. The molecule has 0 saturated carbocycles. The van der Waals surface area contributed by atoms with Crippen LogP contribution in [0.4, 0.5) is 0 Å². The third kappa shape index (κ3) is 9.89. The lowest BCUT2D eigenvalue weighted by Crippen LogP contribution is -2.38. The Morgan fingerprint density at radius 2 is 1.01 bits per heavy atom. The van der Waals surface area contributed by atoms with Gasteiger partial charge in [0.25, 0.3) is 0 Å². The highest BCUT2D eigenvalue weighted by molar-refractivity contribution is 6.89. The van der Waals surface area contributed by atoms with E-state index in [9.17, 15) is 5.11 Å². The number of hydrogen-bond acceptors (Lipinski definition) is 3. The number of hydrogen-bond donors (Lipinski definition) is 1. The molecule has 2 heterocycles. The van der Waals surface area contributed by atoms with Crippen molar-refractivity contribution >= 4 is 24.3 Å². The van der Waals surface area contributed by atoms with Crippen LogP contribution in [0.25, 0.3) is 83.9 Å². The molecule has 0 bridgehead atoms. The highest BCUT2D eigenvalue weighted by atomic mass is 28.3. The van der Waals surface area contributed by atoms with Gasteiger partial charge in [-0.25, -0.2) is 4.98 Å². The zero-order valence-corrected chi connectivity index (χ0v) is 46.4. The molecule has 0 aliphatic heterocycles. The lowest BCUT2D eigenvalue weighted by atomic mass is 9.79. The van der Waals surface area contributed by atoms with Gasteiger partial charge >= 0.3 is 0 Å². The van der Waals surface area contributed by atoms with Crippen molar-refractivity contribution in [3.8, 4) is 78.6 Å². The lowest BCUT2D eigenvalue weighted by Gasteiger charge is -2.28. The third-order valence-corrected chi connectivity index (χ3v) is 16.4. The second-order valence-corrected chi connectivity index (χ2v) is 30.1. The van der Waals surface area contributed by atoms with Crippen molar-refractivity contribution in [2.45, 2.75) is 124 Å². The number of benzene rings is 7. The van der Waals surface area contributed by atoms with Gasteiger partial charge < -0.3 is 5.11 Å². The molecule has 0 aliphatic rings. The van der Waals surface area contributed by atoms with Crippen LogP contribution in [0.15, 0.2) is 164 Å². The Morgan fingerprint density at radius 1 is 0.431 bits per heavy atom. The summed E-state index contributed by atoms with van der Waals surface area (Å²) in [5.74, 6) is 0.957. The van der Waals surface area contributed by atoms with Gasteiger partial charge in [0.05, 0.1) is 36.1 Å². The molecule has 72 heavy (non-hydrogen) atoms. The topological polar surface area (TPSA) is 50.9 Å². The Hall–Kier alpha value is -6.82. The van der Waals surface area contributed by atoms with E-state index in [4.69, 9.17) is 9.97 Å². The molecule has 0 aliphatic carbocycles. The van der Waals surface area contributed by atoms with Crippen molar-refractivity contribution in [1.82, 2.24) is 14.5 Å². The largest absolute Gasteiger partial charge is 0.507 e. The van der Waals surface area contributed by atoms with Gasteiger partial charge in [-0.1, -0.05) is 217 Å². The van der Waals surface area contributed by atoms with Crippen molar-refractivity contribution in [2.75, 3.05) is 0 Å². The monoisotopic (exact) mass is 964 g/mol. The number of aromatic nitrogens is 3. The van der Waals surface area contributed by atoms with Crippen molar-refractivity contribution < 1.29 is 5.11 Å². The number of pyridine rings is 1. The van der Waals surface area contributed by atoms with E-state index in [-0.39, 0.29) is 27.4 Å². The molecular weight excluding hydrogens is 891 g/mol. The molecule has 0 saturated heterocycles. The molecule has 1 N–H and O–H groups in total. The van der Waals surface area contributed by atoms with Crippen LogP contribution in [0, 0.1) is 0 Å². The second-order valence-electron chi connectivity index (χ2n) is 25.1. The van der Waals surface area contributed by atoms with Crippen LogP contribution in [-0.4, -0.2) is 27.7 Å². The van der Waals surface area contributed by atoms with Gasteiger partial charge in [0.2, 0.25) is 0 Å². The minimum atomic E-state index is -1.54. The highest BCUT2D eigenvalue weighted by Gasteiger charge is 2.30. The number of imidazole rings is 1. The Morgan fingerprint density at radius 3 is 1.67 bits per heavy atom. The Bertz CT molecular complexity index is 3470. The van der Waals surface area contributed by atoms with Gasteiger partial charge in [-0.3, -0.25) is 9.55 Å². The van der Waals surface area contributed by atoms with E-state index in [1.807, 2.05) is 6.20 Å². The molecule has 0 atom stereocenters. The Labute approximate surface area is 430 Å². The first-order valence-electron chi connectivity index (χ1n) is 25.7. The van der Waals surface area contributed by atoms with E-state index >= 15 is 0 Å². The van der Waals surface area contributed by atoms with Gasteiger partial charge in [0.15, 0.2) is 0 Å². The molecule has 5 heteroatoms. The normalized spacial score (nSPS) is 12.7. The summed E-state index contributed by atoms with van der Waals surface area (Å²) in [5.41, 5.74) is 18.4. The SMILES string of the molecule is CC(C)(C)c1cc(-c2cc(-c3ccc(-c4ccccc4[Si](C)(C)C)cc3)ccn2)cc(-c2cccc3c2nc(-c2cc(C(C)(C)C)cc(C(C)(C)C)c2O)n3-c2ccc(C(C)(C)C)cc2-c2ccccc2)c1. The van der Waals surface area contributed by atoms with Gasteiger partial charge in [0.1, 0.15) is 11.6 Å². The number of fused-ring (bicyclic) bond motifs is 1. The first-order valence-corrected chi connectivity index (χ1v) is 29.2. The van der Waals surface area contributed by atoms with Crippen molar-refractivity contribution in [3.05, 3.63) is 186 Å². The maximum Gasteiger partial charge on any atom is 0.149 e. The number of nitrogens with zero attached hydrogens (tertiary/aromatic N) is 3. The summed E-state index contributed by atoms with van der Waals surface area (Å²) in [4.78, 5) is 10.8. The molecule has 4 nitrogen and oxygen atoms in total. The predicted molar refractivity (Wildman–Crippen MR) is 311 cm³/mol. The zero-order valence-electron chi connectivity index (χ0n) is 45.4. The number of aromatic hydroxyl groups is 1. The van der Waals surface area contributed by atoms with E-state index in [0.29, 0.717) is 11.4 Å². The molecule has 366 valence electrons. The average Bonchev–Trinajstić information content (AvgIpc) is 3.72. The molecule has 7 aromatic carbocycles. The molecule has 2 aromatic heterocycles. The van der Waals surface area contributed by atoms with Crippen LogP contribution in [0.5, 0.6) is 5.75 Å². The summed E-state index contributed by atoms with van der Waals surface area (Å²) in [6.07, 6.45) is 1.94. The standard InChI is InChI=1S/C67H73N3OSi/c1-64(2,3)49-32-33-58(54(40-49)44-22-17-16-18-23-44)70-59-26-21-25-53(61(59)69-63(70)55-41-51(66(7,8)9)42-56(62(55)71)67(10,11)12)47-36-48(38-50(37-47)65(4,5)6)57-39-46(34-35-68-57)43-28-30-45(31-29-43)52-24-19-20-27-60(52)72(13,14)15/h16-42,71H,1-15H3. The van der Waals surface area contributed by atoms with E-state index in [1.165, 1.54) is 27.4 Å². The fourth-order valence-electron chi connectivity index (χ4n) is 9.98. The molecule has 0 fully saturated rings. The Balaban J connectivity index is 1.27. The molecule has 9 aromatic rings. The number of phenols is 1. The third-order valence-electron chi connectivity index (χ3n) is 14.3. The van der Waals surface area contributed by atoms with Gasteiger partial charge in [-0.2, -0.15) is 0 Å². The zero-order chi connectivity index (χ0) is 51.7. The molecule has 0 spiro atoms. The van der Waals surface area contributed by atoms with E-state index in [1.54, 1.807) is 0 Å². The molecule has 0 amide bonds. The summed E-state index contributed by atoms with van der Waals surface area (Å²) in [7, 11) is -1.54. The maximum atomic E-state index is 12.6. The van der Waals surface area contributed by atoms with E-state index < -0.39 is 8.07 Å². The van der Waals surface area contributed by atoms with Crippen molar-refractivity contribution in [3.63, 3.8) is 0 Å². The fourth-order valence-corrected chi connectivity index (χ4v) is 11.6. The Kier molecular flexibility index (Phi) is 12.8. The summed E-state index contributed by atoms with van der Waals surface area (Å²) < 4.78 is 2.30. The minimum absolute atomic E-state index is 0.0786. The lowest BCUT2D eigenvalue weighted by molar-refractivity contribution is 0.446. The molecule has 0 unspecified atom stereocenters. The van der Waals surface area contributed by atoms with Crippen LogP contribution < -0.4 is 5.19 Å². The van der Waals surface area contributed by atoms with Crippen LogP contribution in [0.2, 0.25) is 19.6 Å². The summed E-state index contributed by atoms with van der Waals surface area (Å²) >= 11 is 0. The first kappa shape index (κ1) is 50.1. The second kappa shape index (κ2) is 18.3. The van der Waals surface area contributed by atoms with Gasteiger partial charge in [-0.05, 0) is 120 Å². The van der Waals surface area contributed by atoms with E-state index in [2.05, 4.69) is 265 Å². The van der Waals surface area contributed by atoms with Gasteiger partial charge in [0, 0.05) is 28.5 Å². The summed E-state index contributed by atoms with van der Waals surface area (Å²) in [5, 5.41) is 14.1. The average molecular weight is 964 g/mol. The van der Waals surface area contributed by atoms with Gasteiger partial charge in [-0.15, -0.1) is 0 Å². The van der Waals surface area contributed by atoms with Crippen molar-refractivity contribution in [1.29, 1.82) is 0 Å². The fraction of sp³-hybridized carbons (Fsp3) is 0.284. The minimum Gasteiger partial charge on any atom is -0.507 e. The molecular formula is C67H73N3OSi. The van der Waals surface area contributed by atoms with E-state index in [0.717, 1.165) is 72.5 Å². The van der Waals surface area contributed by atoms with Crippen LogP contribution in [0.3, 0.4) is 0 Å². The number of phenolic OH excluding ortho intramolecular Hbond substituents is 1. The van der Waals surface area contributed by atoms with Crippen molar-refractivity contribution in [2.24, 2.45) is 0 Å². The van der Waals surface area contributed by atoms with Crippen LogP contribution >= 0.6 is 0 Å². The highest BCUT2D eigenvalue weighted by Crippen LogP contribution is 2.46. The number of rotatable bonds is 8. The predicted octanol–water partition coefficient (Wildman–Crippen LogP) is 17.9. The number of para-hydroxylation sites is 1.